The summed E-state index contributed by atoms with van der Waals surface area (Å²) in [4.78, 5) is 8.80. The molecule has 31 heavy (non-hydrogen) atoms. The van der Waals surface area contributed by atoms with Gasteiger partial charge in [-0.15, -0.1) is 0 Å². The summed E-state index contributed by atoms with van der Waals surface area (Å²) in [5.41, 5.74) is 9.03. The highest BCUT2D eigenvalue weighted by atomic mass is 32.2. The van der Waals surface area contributed by atoms with Crippen molar-refractivity contribution in [2.24, 2.45) is 0 Å². The number of anilines is 2. The summed E-state index contributed by atoms with van der Waals surface area (Å²) in [6.07, 6.45) is 2.10. The largest absolute Gasteiger partial charge is 0.383 e. The maximum atomic E-state index is 14.0. The fourth-order valence-corrected chi connectivity index (χ4v) is 4.69. The van der Waals surface area contributed by atoms with Crippen molar-refractivity contribution in [1.82, 2.24) is 20.2 Å². The number of halogens is 1. The molecule has 0 amide bonds. The van der Waals surface area contributed by atoms with Gasteiger partial charge in [0.25, 0.3) is 10.0 Å². The van der Waals surface area contributed by atoms with Crippen LogP contribution < -0.4 is 10.5 Å². The number of aromatic amines is 1. The Morgan fingerprint density at radius 3 is 2.58 bits per heavy atom. The predicted octanol–water partition coefficient (Wildman–Crippen LogP) is 3.73. The lowest BCUT2D eigenvalue weighted by Crippen LogP contribution is -2.14. The fourth-order valence-electron chi connectivity index (χ4n) is 3.47. The molecule has 2 heterocycles. The molecule has 0 atom stereocenters. The normalized spacial score (nSPS) is 14.1. The minimum atomic E-state index is -4.06. The fraction of sp³-hybridized carbons (Fsp3) is 0.190. The lowest BCUT2D eigenvalue weighted by Gasteiger charge is -2.10. The molecule has 158 valence electrons. The van der Waals surface area contributed by atoms with Crippen LogP contribution in [0, 0.1) is 12.7 Å². The van der Waals surface area contributed by atoms with Gasteiger partial charge in [0.15, 0.2) is 11.5 Å². The van der Waals surface area contributed by atoms with E-state index in [-0.39, 0.29) is 0 Å². The van der Waals surface area contributed by atoms with Gasteiger partial charge in [0.1, 0.15) is 16.5 Å². The molecule has 2 aromatic heterocycles. The van der Waals surface area contributed by atoms with E-state index in [4.69, 9.17) is 10.7 Å². The Morgan fingerprint density at radius 1 is 1.13 bits per heavy atom. The molecular weight excluding hydrogens is 419 g/mol. The highest BCUT2D eigenvalue weighted by molar-refractivity contribution is 7.92. The predicted molar refractivity (Wildman–Crippen MR) is 115 cm³/mol. The first-order chi connectivity index (χ1) is 14.8. The first-order valence-corrected chi connectivity index (χ1v) is 11.2. The zero-order valence-electron chi connectivity index (χ0n) is 16.6. The van der Waals surface area contributed by atoms with Crippen molar-refractivity contribution in [3.8, 4) is 11.4 Å². The number of nitrogens with two attached hydrogens (primary N) is 1. The number of hydrogen-bond acceptors (Lipinski definition) is 6. The standard InChI is InChI=1S/C21H19FN6O2S/c1-11-2-9-15(22)16(10-11)31(29,30)28-14-7-5-13(6-8-14)20-24-18(12-3-4-12)17-19(23)26-27-21(17)25-20/h2,5-10,12,28H,3-4H2,1H3,(H3,23,24,25,26,27). The van der Waals surface area contributed by atoms with Crippen LogP contribution in [0.15, 0.2) is 47.4 Å². The molecule has 5 rings (SSSR count). The Morgan fingerprint density at radius 2 is 1.87 bits per heavy atom. The maximum Gasteiger partial charge on any atom is 0.264 e. The second-order valence-corrected chi connectivity index (χ2v) is 9.31. The zero-order chi connectivity index (χ0) is 21.8. The van der Waals surface area contributed by atoms with E-state index in [1.54, 1.807) is 31.2 Å². The monoisotopic (exact) mass is 438 g/mol. The summed E-state index contributed by atoms with van der Waals surface area (Å²) < 4.78 is 41.7. The zero-order valence-corrected chi connectivity index (χ0v) is 17.4. The van der Waals surface area contributed by atoms with Gasteiger partial charge in [0, 0.05) is 17.2 Å². The molecule has 0 bridgehead atoms. The van der Waals surface area contributed by atoms with Crippen LogP contribution >= 0.6 is 0 Å². The smallest absolute Gasteiger partial charge is 0.264 e. The van der Waals surface area contributed by atoms with E-state index in [1.807, 2.05) is 0 Å². The highest BCUT2D eigenvalue weighted by Gasteiger charge is 2.30. The third-order valence-corrected chi connectivity index (χ3v) is 6.60. The average Bonchev–Trinajstić information content (AvgIpc) is 3.52. The first kappa shape index (κ1) is 19.4. The van der Waals surface area contributed by atoms with Crippen LogP contribution in [-0.4, -0.2) is 28.6 Å². The van der Waals surface area contributed by atoms with Crippen molar-refractivity contribution in [3.63, 3.8) is 0 Å². The number of fused-ring (bicyclic) bond motifs is 1. The van der Waals surface area contributed by atoms with E-state index in [0.717, 1.165) is 30.0 Å². The number of nitrogens with zero attached hydrogens (tertiary/aromatic N) is 3. The van der Waals surface area contributed by atoms with Crippen molar-refractivity contribution in [1.29, 1.82) is 0 Å². The Balaban J connectivity index is 1.46. The third-order valence-electron chi connectivity index (χ3n) is 5.21. The molecule has 0 radical (unpaired) electrons. The first-order valence-electron chi connectivity index (χ1n) is 9.73. The SMILES string of the molecule is Cc1ccc(F)c(S(=O)(=O)Nc2ccc(-c3nc(C4CC4)c4c(N)[nH]nc4n3)cc2)c1. The number of hydrogen-bond donors (Lipinski definition) is 3. The molecule has 0 unspecified atom stereocenters. The molecule has 0 spiro atoms. The quantitative estimate of drug-likeness (QED) is 0.436. The number of nitrogens with one attached hydrogen (secondary N) is 2. The molecular formula is C21H19FN6O2S. The summed E-state index contributed by atoms with van der Waals surface area (Å²) >= 11 is 0. The van der Waals surface area contributed by atoms with Crippen LogP contribution in [0.4, 0.5) is 15.9 Å². The summed E-state index contributed by atoms with van der Waals surface area (Å²) in [5.74, 6) is 0.485. The minimum absolute atomic E-state index is 0.303. The van der Waals surface area contributed by atoms with E-state index in [0.29, 0.717) is 40.0 Å². The number of H-pyrrole nitrogens is 1. The average molecular weight is 438 g/mol. The van der Waals surface area contributed by atoms with E-state index in [9.17, 15) is 12.8 Å². The molecule has 2 aromatic carbocycles. The molecule has 0 saturated heterocycles. The number of rotatable bonds is 5. The second kappa shape index (κ2) is 7.02. The second-order valence-electron chi connectivity index (χ2n) is 7.66. The Hall–Kier alpha value is -3.53. The minimum Gasteiger partial charge on any atom is -0.383 e. The third kappa shape index (κ3) is 3.59. The topological polar surface area (TPSA) is 127 Å². The number of aromatic nitrogens is 4. The van der Waals surface area contributed by atoms with Crippen LogP contribution in [0.25, 0.3) is 22.4 Å². The van der Waals surface area contributed by atoms with Gasteiger partial charge in [-0.3, -0.25) is 9.82 Å². The molecule has 1 saturated carbocycles. The Bertz CT molecular complexity index is 1410. The molecule has 4 N–H and O–H groups in total. The van der Waals surface area contributed by atoms with Crippen LogP contribution in [0.2, 0.25) is 0 Å². The van der Waals surface area contributed by atoms with Crippen LogP contribution in [0.5, 0.6) is 0 Å². The van der Waals surface area contributed by atoms with Gasteiger partial charge in [-0.2, -0.15) is 5.10 Å². The van der Waals surface area contributed by atoms with Gasteiger partial charge in [-0.05, 0) is 61.7 Å². The van der Waals surface area contributed by atoms with Crippen molar-refractivity contribution in [2.75, 3.05) is 10.5 Å². The van der Waals surface area contributed by atoms with E-state index in [1.165, 1.54) is 12.1 Å². The van der Waals surface area contributed by atoms with E-state index < -0.39 is 20.7 Å². The molecule has 0 aliphatic heterocycles. The number of benzene rings is 2. The summed E-state index contributed by atoms with van der Waals surface area (Å²) in [6, 6.07) is 10.5. The van der Waals surface area contributed by atoms with Gasteiger partial charge in [-0.1, -0.05) is 6.07 Å². The number of aryl methyl sites for hydroxylation is 1. The Labute approximate surface area is 177 Å². The van der Waals surface area contributed by atoms with Crippen LogP contribution in [-0.2, 0) is 10.0 Å². The number of nitrogen functional groups attached to an aromatic ring is 1. The molecule has 4 aromatic rings. The van der Waals surface area contributed by atoms with Crippen molar-refractivity contribution < 1.29 is 12.8 Å². The van der Waals surface area contributed by atoms with Crippen molar-refractivity contribution in [2.45, 2.75) is 30.6 Å². The highest BCUT2D eigenvalue weighted by Crippen LogP contribution is 2.43. The van der Waals surface area contributed by atoms with E-state index >= 15 is 0 Å². The van der Waals surface area contributed by atoms with E-state index in [2.05, 4.69) is 19.9 Å². The van der Waals surface area contributed by atoms with Gasteiger partial charge < -0.3 is 5.73 Å². The van der Waals surface area contributed by atoms with Gasteiger partial charge in [0.2, 0.25) is 0 Å². The molecule has 1 fully saturated rings. The Kier molecular flexibility index (Phi) is 4.40. The van der Waals surface area contributed by atoms with Crippen molar-refractivity contribution >= 4 is 32.6 Å². The molecule has 10 heteroatoms. The summed E-state index contributed by atoms with van der Waals surface area (Å²) in [5, 5.41) is 7.68. The molecule has 1 aliphatic carbocycles. The lowest BCUT2D eigenvalue weighted by molar-refractivity contribution is 0.570. The summed E-state index contributed by atoms with van der Waals surface area (Å²) in [7, 11) is -4.06. The van der Waals surface area contributed by atoms with Crippen LogP contribution in [0.3, 0.4) is 0 Å². The molecule has 1 aliphatic rings. The van der Waals surface area contributed by atoms with Gasteiger partial charge in [-0.25, -0.2) is 22.8 Å². The van der Waals surface area contributed by atoms with Crippen LogP contribution in [0.1, 0.15) is 30.0 Å². The van der Waals surface area contributed by atoms with Crippen molar-refractivity contribution in [3.05, 3.63) is 59.5 Å². The maximum absolute atomic E-state index is 14.0. The molecule has 8 nitrogen and oxygen atoms in total. The lowest BCUT2D eigenvalue weighted by atomic mass is 10.1. The van der Waals surface area contributed by atoms with Gasteiger partial charge >= 0.3 is 0 Å². The summed E-state index contributed by atoms with van der Waals surface area (Å²) in [6.45, 7) is 1.70. The van der Waals surface area contributed by atoms with Gasteiger partial charge in [0.05, 0.1) is 11.1 Å². The number of sulfonamides is 1.